The van der Waals surface area contributed by atoms with Crippen LogP contribution in [0, 0.1) is 5.41 Å². The third-order valence-electron chi connectivity index (χ3n) is 5.52. The van der Waals surface area contributed by atoms with E-state index in [0.717, 1.165) is 38.5 Å². The smallest absolute Gasteiger partial charge is 0.220 e. The summed E-state index contributed by atoms with van der Waals surface area (Å²) in [7, 11) is 0. The summed E-state index contributed by atoms with van der Waals surface area (Å²) >= 11 is 0. The highest BCUT2D eigenvalue weighted by molar-refractivity contribution is 5.96. The van der Waals surface area contributed by atoms with Crippen LogP contribution >= 0.6 is 0 Å². The van der Waals surface area contributed by atoms with Crippen LogP contribution in [0.1, 0.15) is 88.9 Å². The van der Waals surface area contributed by atoms with Crippen LogP contribution in [0.5, 0.6) is 0 Å². The molecule has 0 spiro atoms. The highest BCUT2D eigenvalue weighted by Crippen LogP contribution is 2.22. The van der Waals surface area contributed by atoms with Crippen LogP contribution in [0.15, 0.2) is 97.4 Å². The maximum Gasteiger partial charge on any atom is 0.220 e. The van der Waals surface area contributed by atoms with Crippen molar-refractivity contribution in [2.45, 2.75) is 78.6 Å². The number of allylic oxidation sites excluding steroid dienone is 12. The molecule has 0 saturated heterocycles. The third kappa shape index (κ3) is 18.6. The van der Waals surface area contributed by atoms with E-state index in [4.69, 9.17) is 0 Å². The number of rotatable bonds is 19. The summed E-state index contributed by atoms with van der Waals surface area (Å²) in [6.07, 6.45) is 36.7. The first-order valence-corrected chi connectivity index (χ1v) is 13.5. The van der Waals surface area contributed by atoms with Gasteiger partial charge in [-0.3, -0.25) is 14.6 Å². The second kappa shape index (κ2) is 20.9. The number of hydrogen-bond donors (Lipinski definition) is 1. The average molecular weight is 503 g/mol. The number of nitrogens with zero attached hydrogens (tertiary/aromatic N) is 1. The topological polar surface area (TPSA) is 59.1 Å². The molecule has 0 aliphatic rings. The Balaban J connectivity index is 2.08. The molecule has 1 rings (SSSR count). The molecule has 4 nitrogen and oxygen atoms in total. The maximum absolute atomic E-state index is 12.4. The van der Waals surface area contributed by atoms with Crippen LogP contribution in [0.4, 0.5) is 0 Å². The van der Waals surface area contributed by atoms with Gasteiger partial charge in [-0.25, -0.2) is 0 Å². The van der Waals surface area contributed by atoms with E-state index in [1.54, 1.807) is 24.5 Å². The molecule has 4 heteroatoms. The third-order valence-corrected chi connectivity index (χ3v) is 5.52. The lowest BCUT2D eigenvalue weighted by Crippen LogP contribution is -2.35. The first-order valence-electron chi connectivity index (χ1n) is 13.5. The number of pyridine rings is 1. The molecule has 0 bridgehead atoms. The number of hydrogen-bond acceptors (Lipinski definition) is 3. The number of amides is 1. The van der Waals surface area contributed by atoms with Gasteiger partial charge >= 0.3 is 0 Å². The number of ketones is 1. The monoisotopic (exact) mass is 502 g/mol. The number of carbonyl (C=O) groups is 2. The van der Waals surface area contributed by atoms with Crippen LogP contribution in [0.2, 0.25) is 0 Å². The van der Waals surface area contributed by atoms with E-state index < -0.39 is 0 Å². The lowest BCUT2D eigenvalue weighted by atomic mass is 9.85. The van der Waals surface area contributed by atoms with Crippen molar-refractivity contribution in [2.75, 3.05) is 6.54 Å². The van der Waals surface area contributed by atoms with Gasteiger partial charge in [-0.2, -0.15) is 0 Å². The Morgan fingerprint density at radius 1 is 0.811 bits per heavy atom. The number of aromatic nitrogens is 1. The summed E-state index contributed by atoms with van der Waals surface area (Å²) in [5.41, 5.74) is 0.302. The zero-order valence-electron chi connectivity index (χ0n) is 23.1. The molecule has 1 N–H and O–H groups in total. The SMILES string of the molecule is CC/C=C\C/C=C\C/C=C\C/C=C\C/C=C\C/C=C\CCC(=O)NCC(C)(C)CC(=O)c1cccnc1. The summed E-state index contributed by atoms with van der Waals surface area (Å²) in [4.78, 5) is 28.5. The van der Waals surface area contributed by atoms with Gasteiger partial charge in [0.2, 0.25) is 5.91 Å². The summed E-state index contributed by atoms with van der Waals surface area (Å²) in [5, 5.41) is 2.97. The van der Waals surface area contributed by atoms with Crippen LogP contribution in [-0.4, -0.2) is 23.2 Å². The van der Waals surface area contributed by atoms with Gasteiger partial charge in [-0.15, -0.1) is 0 Å². The Hall–Kier alpha value is -3.27. The number of carbonyl (C=O) groups excluding carboxylic acids is 2. The second-order valence-corrected chi connectivity index (χ2v) is 9.74. The van der Waals surface area contributed by atoms with Gasteiger partial charge < -0.3 is 5.32 Å². The highest BCUT2D eigenvalue weighted by atomic mass is 16.1. The van der Waals surface area contributed by atoms with E-state index >= 15 is 0 Å². The van der Waals surface area contributed by atoms with Crippen molar-refractivity contribution in [3.63, 3.8) is 0 Å². The Kier molecular flexibility index (Phi) is 17.9. The molecule has 1 amide bonds. The second-order valence-electron chi connectivity index (χ2n) is 9.74. The summed E-state index contributed by atoms with van der Waals surface area (Å²) < 4.78 is 0. The van der Waals surface area contributed by atoms with E-state index in [1.807, 2.05) is 13.8 Å². The molecule has 37 heavy (non-hydrogen) atoms. The fraction of sp³-hybridized carbons (Fsp3) is 0.424. The molecule has 0 saturated carbocycles. The van der Waals surface area contributed by atoms with Crippen LogP contribution in [0.3, 0.4) is 0 Å². The van der Waals surface area contributed by atoms with Crippen molar-refractivity contribution in [3.8, 4) is 0 Å². The molecule has 1 heterocycles. The van der Waals surface area contributed by atoms with Crippen molar-refractivity contribution >= 4 is 11.7 Å². The molecule has 0 atom stereocenters. The first-order chi connectivity index (χ1) is 17.9. The fourth-order valence-corrected chi connectivity index (χ4v) is 3.41. The highest BCUT2D eigenvalue weighted by Gasteiger charge is 2.23. The molecular formula is C33H46N2O2. The van der Waals surface area contributed by atoms with E-state index in [9.17, 15) is 9.59 Å². The van der Waals surface area contributed by atoms with Gasteiger partial charge in [0.25, 0.3) is 0 Å². The van der Waals surface area contributed by atoms with Crippen molar-refractivity contribution in [3.05, 3.63) is 103 Å². The molecule has 0 radical (unpaired) electrons. The number of nitrogens with one attached hydrogen (secondary N) is 1. The summed E-state index contributed by atoms with van der Waals surface area (Å²) in [5.74, 6) is 0.0618. The van der Waals surface area contributed by atoms with Gasteiger partial charge in [0.05, 0.1) is 0 Å². The van der Waals surface area contributed by atoms with E-state index in [-0.39, 0.29) is 17.1 Å². The molecule has 1 aromatic heterocycles. The minimum Gasteiger partial charge on any atom is -0.356 e. The maximum atomic E-state index is 12.4. The Morgan fingerprint density at radius 2 is 1.32 bits per heavy atom. The minimum absolute atomic E-state index is 0.0152. The predicted molar refractivity (Wildman–Crippen MR) is 157 cm³/mol. The van der Waals surface area contributed by atoms with Crippen LogP contribution < -0.4 is 5.32 Å². The van der Waals surface area contributed by atoms with Gasteiger partial charge in [-0.1, -0.05) is 93.7 Å². The largest absolute Gasteiger partial charge is 0.356 e. The van der Waals surface area contributed by atoms with Crippen molar-refractivity contribution in [1.29, 1.82) is 0 Å². The Bertz CT molecular complexity index is 934. The predicted octanol–water partition coefficient (Wildman–Crippen LogP) is 8.27. The van der Waals surface area contributed by atoms with Crippen LogP contribution in [-0.2, 0) is 4.79 Å². The average Bonchev–Trinajstić information content (AvgIpc) is 2.89. The van der Waals surface area contributed by atoms with Gasteiger partial charge in [0.15, 0.2) is 5.78 Å². The van der Waals surface area contributed by atoms with E-state index in [1.165, 1.54) is 0 Å². The van der Waals surface area contributed by atoms with Gasteiger partial charge in [-0.05, 0) is 62.5 Å². The Morgan fingerprint density at radius 3 is 1.81 bits per heavy atom. The minimum atomic E-state index is -0.309. The standard InChI is InChI=1S/C33H46N2O2/c1-4-5-6-7-8-9-10-11-12-13-14-15-16-17-18-19-20-21-22-25-32(37)35-29-33(2,3)27-31(36)30-24-23-26-34-28-30/h5-6,8-9,11-12,14-15,17-18,20-21,23-24,26,28H,4,7,10,13,16,19,22,25,27,29H2,1-3H3,(H,35,37)/b6-5-,9-8-,12-11-,15-14-,18-17-,21-20-. The van der Waals surface area contributed by atoms with Crippen molar-refractivity contribution in [2.24, 2.45) is 5.41 Å². The van der Waals surface area contributed by atoms with Crippen LogP contribution in [0.25, 0.3) is 0 Å². The molecule has 0 unspecified atom stereocenters. The fourth-order valence-electron chi connectivity index (χ4n) is 3.41. The molecule has 0 aliphatic heterocycles. The lowest BCUT2D eigenvalue weighted by molar-refractivity contribution is -0.121. The van der Waals surface area contributed by atoms with E-state index in [2.05, 4.69) is 90.1 Å². The van der Waals surface area contributed by atoms with Crippen molar-refractivity contribution < 1.29 is 9.59 Å². The molecule has 1 aromatic rings. The molecular weight excluding hydrogens is 456 g/mol. The zero-order chi connectivity index (χ0) is 27.0. The summed E-state index contributed by atoms with van der Waals surface area (Å²) in [6, 6.07) is 3.53. The quantitative estimate of drug-likeness (QED) is 0.153. The molecule has 0 fully saturated rings. The zero-order valence-corrected chi connectivity index (χ0v) is 23.1. The normalized spacial score (nSPS) is 12.8. The number of Topliss-reactive ketones (excluding diaryl/α,β-unsaturated/α-hetero) is 1. The molecule has 200 valence electrons. The Labute approximate surface area is 225 Å². The molecule has 0 aliphatic carbocycles. The first kappa shape index (κ1) is 31.8. The van der Waals surface area contributed by atoms with Crippen molar-refractivity contribution in [1.82, 2.24) is 10.3 Å². The van der Waals surface area contributed by atoms with Gasteiger partial charge in [0, 0.05) is 37.3 Å². The lowest BCUT2D eigenvalue weighted by Gasteiger charge is -2.24. The summed E-state index contributed by atoms with van der Waals surface area (Å²) in [6.45, 7) is 6.61. The van der Waals surface area contributed by atoms with E-state index in [0.29, 0.717) is 31.4 Å². The van der Waals surface area contributed by atoms with Gasteiger partial charge in [0.1, 0.15) is 0 Å². The molecule has 0 aromatic carbocycles.